The lowest BCUT2D eigenvalue weighted by molar-refractivity contribution is 0.514. The molecule has 0 saturated carbocycles. The molecular formula is C30H27Cl2FN8O2S. The Balaban J connectivity index is 1.63. The van der Waals surface area contributed by atoms with Gasteiger partial charge in [-0.25, -0.2) is 17.5 Å². The summed E-state index contributed by atoms with van der Waals surface area (Å²) in [4.78, 5) is 4.40. The average Bonchev–Trinajstić information content (AvgIpc) is 3.48. The summed E-state index contributed by atoms with van der Waals surface area (Å²) in [5.41, 5.74) is 3.87. The van der Waals surface area contributed by atoms with Gasteiger partial charge in [-0.05, 0) is 61.9 Å². The predicted molar refractivity (Wildman–Crippen MR) is 172 cm³/mol. The second-order valence-corrected chi connectivity index (χ2v) is 13.2. The van der Waals surface area contributed by atoms with Crippen molar-refractivity contribution < 1.29 is 12.8 Å². The van der Waals surface area contributed by atoms with Gasteiger partial charge in [-0.1, -0.05) is 40.5 Å². The molecule has 1 unspecified atom stereocenters. The van der Waals surface area contributed by atoms with Gasteiger partial charge in [0.25, 0.3) is 0 Å². The SMILES string of the molecule is CC(C)n1cc(C(Nc2cc(Cl)c3ncc(C#N)c(Nc4ccc(F)c(Cl)c4)c3c2)c2cccc(N(C)S(C)(=O)=O)c2)nn1. The largest absolute Gasteiger partial charge is 0.373 e. The van der Waals surface area contributed by atoms with Crippen molar-refractivity contribution in [3.8, 4) is 6.07 Å². The molecule has 0 saturated heterocycles. The van der Waals surface area contributed by atoms with E-state index in [1.807, 2.05) is 26.1 Å². The van der Waals surface area contributed by atoms with Crippen LogP contribution in [0.15, 0.2) is 67.0 Å². The number of sulfonamides is 1. The lowest BCUT2D eigenvalue weighted by Crippen LogP contribution is -2.25. The highest BCUT2D eigenvalue weighted by Gasteiger charge is 2.22. The van der Waals surface area contributed by atoms with Crippen LogP contribution >= 0.6 is 23.2 Å². The molecule has 0 bridgehead atoms. The van der Waals surface area contributed by atoms with E-state index in [1.54, 1.807) is 35.0 Å². The maximum Gasteiger partial charge on any atom is 0.231 e. The highest BCUT2D eigenvalue weighted by molar-refractivity contribution is 7.92. The maximum absolute atomic E-state index is 13.8. The molecule has 14 heteroatoms. The van der Waals surface area contributed by atoms with Crippen molar-refractivity contribution in [1.82, 2.24) is 20.0 Å². The van der Waals surface area contributed by atoms with Gasteiger partial charge in [-0.15, -0.1) is 5.10 Å². The molecule has 44 heavy (non-hydrogen) atoms. The summed E-state index contributed by atoms with van der Waals surface area (Å²) in [7, 11) is -2.02. The second kappa shape index (κ2) is 12.3. The normalized spacial score (nSPS) is 12.2. The maximum atomic E-state index is 13.8. The van der Waals surface area contributed by atoms with Crippen LogP contribution in [0.3, 0.4) is 0 Å². The van der Waals surface area contributed by atoms with Gasteiger partial charge in [0.05, 0.1) is 51.0 Å². The summed E-state index contributed by atoms with van der Waals surface area (Å²) in [5, 5.41) is 26.0. The van der Waals surface area contributed by atoms with Gasteiger partial charge < -0.3 is 10.6 Å². The number of nitrogens with one attached hydrogen (secondary N) is 2. The van der Waals surface area contributed by atoms with Crippen molar-refractivity contribution in [2.75, 3.05) is 28.2 Å². The average molecular weight is 654 g/mol. The fourth-order valence-electron chi connectivity index (χ4n) is 4.54. The van der Waals surface area contributed by atoms with Crippen molar-refractivity contribution in [3.05, 3.63) is 99.7 Å². The number of nitrogens with zero attached hydrogens (tertiary/aromatic N) is 6. The Morgan fingerprint density at radius 2 is 1.82 bits per heavy atom. The van der Waals surface area contributed by atoms with Crippen LogP contribution in [-0.2, 0) is 10.0 Å². The Morgan fingerprint density at radius 1 is 1.07 bits per heavy atom. The molecule has 0 spiro atoms. The number of nitriles is 1. The molecule has 0 aliphatic carbocycles. The van der Waals surface area contributed by atoms with E-state index in [1.165, 1.54) is 35.7 Å². The number of anilines is 4. The first kappa shape index (κ1) is 31.0. The van der Waals surface area contributed by atoms with Crippen LogP contribution in [0.5, 0.6) is 0 Å². The third-order valence-electron chi connectivity index (χ3n) is 6.96. The molecule has 10 nitrogen and oxygen atoms in total. The summed E-state index contributed by atoms with van der Waals surface area (Å²) in [5.74, 6) is -0.570. The van der Waals surface area contributed by atoms with Gasteiger partial charge in [0.1, 0.15) is 17.6 Å². The first-order valence-electron chi connectivity index (χ1n) is 13.3. The zero-order valence-electron chi connectivity index (χ0n) is 24.0. The molecule has 0 aliphatic heterocycles. The van der Waals surface area contributed by atoms with Crippen LogP contribution in [0, 0.1) is 17.1 Å². The molecule has 5 aromatic rings. The molecule has 0 amide bonds. The first-order valence-corrected chi connectivity index (χ1v) is 15.9. The van der Waals surface area contributed by atoms with E-state index in [9.17, 15) is 18.1 Å². The van der Waals surface area contributed by atoms with Crippen LogP contribution in [0.4, 0.5) is 27.1 Å². The van der Waals surface area contributed by atoms with Crippen LogP contribution in [0.2, 0.25) is 10.0 Å². The predicted octanol–water partition coefficient (Wildman–Crippen LogP) is 7.07. The van der Waals surface area contributed by atoms with Crippen LogP contribution in [0.1, 0.15) is 42.8 Å². The van der Waals surface area contributed by atoms with E-state index in [-0.39, 0.29) is 16.6 Å². The summed E-state index contributed by atoms with van der Waals surface area (Å²) in [6.45, 7) is 3.96. The summed E-state index contributed by atoms with van der Waals surface area (Å²) in [6.07, 6.45) is 4.36. The van der Waals surface area contributed by atoms with Gasteiger partial charge >= 0.3 is 0 Å². The van der Waals surface area contributed by atoms with E-state index in [0.717, 1.165) is 6.26 Å². The molecule has 226 valence electrons. The van der Waals surface area contributed by atoms with Crippen LogP contribution < -0.4 is 14.9 Å². The zero-order chi connectivity index (χ0) is 31.8. The summed E-state index contributed by atoms with van der Waals surface area (Å²) in [6, 6.07) is 16.3. The van der Waals surface area contributed by atoms with E-state index >= 15 is 0 Å². The van der Waals surface area contributed by atoms with Gasteiger partial charge in [0.15, 0.2) is 0 Å². The number of hydrogen-bond donors (Lipinski definition) is 2. The van der Waals surface area contributed by atoms with Gasteiger partial charge in [-0.3, -0.25) is 9.29 Å². The van der Waals surface area contributed by atoms with Crippen molar-refractivity contribution in [3.63, 3.8) is 0 Å². The molecule has 1 atom stereocenters. The monoisotopic (exact) mass is 652 g/mol. The first-order chi connectivity index (χ1) is 20.8. The number of aromatic nitrogens is 4. The van der Waals surface area contributed by atoms with Gasteiger partial charge in [-0.2, -0.15) is 5.26 Å². The number of pyridine rings is 1. The number of benzene rings is 3. The minimum atomic E-state index is -3.51. The van der Waals surface area contributed by atoms with Crippen molar-refractivity contribution >= 4 is 66.9 Å². The number of rotatable bonds is 9. The van der Waals surface area contributed by atoms with Gasteiger partial charge in [0, 0.05) is 36.0 Å². The molecule has 0 fully saturated rings. The lowest BCUT2D eigenvalue weighted by atomic mass is 10.0. The van der Waals surface area contributed by atoms with Crippen molar-refractivity contribution in [2.45, 2.75) is 25.9 Å². The molecule has 0 aliphatic rings. The molecule has 3 aromatic carbocycles. The molecule has 0 radical (unpaired) electrons. The Morgan fingerprint density at radius 3 is 2.48 bits per heavy atom. The minimum absolute atomic E-state index is 0.0544. The fourth-order valence-corrected chi connectivity index (χ4v) is 5.49. The third kappa shape index (κ3) is 6.40. The van der Waals surface area contributed by atoms with Crippen LogP contribution in [0.25, 0.3) is 10.9 Å². The number of hydrogen-bond acceptors (Lipinski definition) is 8. The highest BCUT2D eigenvalue weighted by Crippen LogP contribution is 2.37. The van der Waals surface area contributed by atoms with Crippen molar-refractivity contribution in [1.29, 1.82) is 5.26 Å². The smallest absolute Gasteiger partial charge is 0.231 e. The Kier molecular flexibility index (Phi) is 8.65. The Bertz CT molecular complexity index is 2030. The second-order valence-electron chi connectivity index (χ2n) is 10.4. The van der Waals surface area contributed by atoms with E-state index in [4.69, 9.17) is 23.2 Å². The Hall–Kier alpha value is -4.44. The van der Waals surface area contributed by atoms with Crippen LogP contribution in [-0.4, -0.2) is 41.7 Å². The molecule has 2 heterocycles. The minimum Gasteiger partial charge on any atom is -0.373 e. The quantitative estimate of drug-likeness (QED) is 0.173. The Labute approximate surface area is 264 Å². The zero-order valence-corrected chi connectivity index (χ0v) is 26.4. The van der Waals surface area contributed by atoms with E-state index < -0.39 is 21.9 Å². The topological polar surface area (TPSA) is 129 Å². The summed E-state index contributed by atoms with van der Waals surface area (Å²) >= 11 is 12.7. The summed E-state index contributed by atoms with van der Waals surface area (Å²) < 4.78 is 41.3. The standard InChI is InChI=1S/C30H27Cl2FN8O2S/c1-17(2)41-16-27(38-39-41)29(18-6-5-7-22(10-18)40(3)44(4,42)43)37-21-11-23-28(36-20-8-9-26(33)24(31)12-20)19(14-34)15-35-30(23)25(32)13-21/h5-13,15-17,29,37H,1-4H3,(H,35,36). The van der Waals surface area contributed by atoms with E-state index in [0.29, 0.717) is 49.9 Å². The van der Waals surface area contributed by atoms with Gasteiger partial charge in [0.2, 0.25) is 10.0 Å². The molecule has 2 aromatic heterocycles. The van der Waals surface area contributed by atoms with Crippen molar-refractivity contribution in [2.24, 2.45) is 0 Å². The molecular weight excluding hydrogens is 626 g/mol. The molecule has 5 rings (SSSR count). The number of halogens is 3. The number of fused-ring (bicyclic) bond motifs is 1. The third-order valence-corrected chi connectivity index (χ3v) is 8.75. The molecule has 2 N–H and O–H groups in total. The highest BCUT2D eigenvalue weighted by atomic mass is 35.5. The fraction of sp³-hybridized carbons (Fsp3) is 0.200. The lowest BCUT2D eigenvalue weighted by Gasteiger charge is -2.22. The van der Waals surface area contributed by atoms with E-state index in [2.05, 4.69) is 32.0 Å².